The third kappa shape index (κ3) is 31.5. The fourth-order valence-electron chi connectivity index (χ4n) is 2.51. The molecule has 0 aromatic rings. The Bertz CT molecular complexity index is 272. The van der Waals surface area contributed by atoms with Gasteiger partial charge in [-0.3, -0.25) is 4.79 Å². The summed E-state index contributed by atoms with van der Waals surface area (Å²) in [6.07, 6.45) is 23.3. The smallest absolute Gasteiger partial charge is 0.303 e. The number of aliphatic hydroxyl groups is 1. The molecule has 0 radical (unpaired) electrons. The molecule has 150 valence electrons. The predicted molar refractivity (Wildman–Crippen MR) is 109 cm³/mol. The van der Waals surface area contributed by atoms with Gasteiger partial charge in [-0.15, -0.1) is 0 Å². The monoisotopic (exact) mass is 356 g/mol. The molecule has 0 fully saturated rings. The molecule has 2 N–H and O–H groups in total. The van der Waals surface area contributed by atoms with Crippen molar-refractivity contribution in [3.8, 4) is 0 Å². The number of aliphatic carboxylic acids is 1. The largest absolute Gasteiger partial charge is 0.481 e. The molecule has 25 heavy (non-hydrogen) atoms. The second kappa shape index (κ2) is 25.4. The van der Waals surface area contributed by atoms with Crippen LogP contribution in [-0.2, 0) is 4.79 Å². The summed E-state index contributed by atoms with van der Waals surface area (Å²) in [5, 5.41) is 16.6. The number of unbranched alkanes of at least 4 members (excludes halogenated alkanes) is 12. The van der Waals surface area contributed by atoms with Gasteiger partial charge >= 0.3 is 5.97 Å². The number of carboxylic acid groups (broad SMARTS) is 1. The van der Waals surface area contributed by atoms with Crippen LogP contribution in [0.15, 0.2) is 12.2 Å². The van der Waals surface area contributed by atoms with E-state index in [4.69, 9.17) is 10.2 Å². The van der Waals surface area contributed by atoms with Gasteiger partial charge in [0.2, 0.25) is 0 Å². The third-order valence-corrected chi connectivity index (χ3v) is 4.16. The highest BCUT2D eigenvalue weighted by Crippen LogP contribution is 2.09. The minimum atomic E-state index is -0.664. The van der Waals surface area contributed by atoms with Crippen LogP contribution in [0.2, 0.25) is 0 Å². The molecule has 0 saturated carbocycles. The third-order valence-electron chi connectivity index (χ3n) is 4.16. The lowest BCUT2D eigenvalue weighted by Gasteiger charge is -1.99. The van der Waals surface area contributed by atoms with E-state index in [0.29, 0.717) is 13.0 Å². The average Bonchev–Trinajstić information content (AvgIpc) is 2.59. The zero-order chi connectivity index (χ0) is 19.0. The summed E-state index contributed by atoms with van der Waals surface area (Å²) in [6.45, 7) is 4.65. The topological polar surface area (TPSA) is 57.5 Å². The summed E-state index contributed by atoms with van der Waals surface area (Å²) < 4.78 is 0. The fourth-order valence-corrected chi connectivity index (χ4v) is 2.51. The van der Waals surface area contributed by atoms with Crippen LogP contribution < -0.4 is 0 Å². The fraction of sp³-hybridized carbons (Fsp3) is 0.864. The quantitative estimate of drug-likeness (QED) is 0.220. The highest BCUT2D eigenvalue weighted by atomic mass is 16.4. The number of hydrogen-bond donors (Lipinski definition) is 2. The van der Waals surface area contributed by atoms with Crippen LogP contribution in [0.5, 0.6) is 0 Å². The Morgan fingerprint density at radius 1 is 0.680 bits per heavy atom. The van der Waals surface area contributed by atoms with Crippen molar-refractivity contribution in [2.45, 2.75) is 117 Å². The van der Waals surface area contributed by atoms with Crippen molar-refractivity contribution in [1.29, 1.82) is 0 Å². The van der Waals surface area contributed by atoms with E-state index >= 15 is 0 Å². The van der Waals surface area contributed by atoms with E-state index in [1.165, 1.54) is 70.6 Å². The van der Waals surface area contributed by atoms with E-state index in [-0.39, 0.29) is 0 Å². The van der Waals surface area contributed by atoms with Gasteiger partial charge in [0.1, 0.15) is 0 Å². The Morgan fingerprint density at radius 3 is 1.52 bits per heavy atom. The van der Waals surface area contributed by atoms with Gasteiger partial charge < -0.3 is 10.2 Å². The Morgan fingerprint density at radius 2 is 1.12 bits per heavy atom. The second-order valence-corrected chi connectivity index (χ2v) is 6.81. The molecule has 3 heteroatoms. The molecular weight excluding hydrogens is 312 g/mol. The lowest BCUT2D eigenvalue weighted by Crippen LogP contribution is -1.93. The van der Waals surface area contributed by atoms with E-state index in [0.717, 1.165) is 25.7 Å². The summed E-state index contributed by atoms with van der Waals surface area (Å²) in [7, 11) is 0. The highest BCUT2D eigenvalue weighted by Gasteiger charge is 1.95. The van der Waals surface area contributed by atoms with E-state index in [9.17, 15) is 4.79 Å². The Balaban J connectivity index is 0. The van der Waals surface area contributed by atoms with Gasteiger partial charge in [0.15, 0.2) is 0 Å². The van der Waals surface area contributed by atoms with Crippen LogP contribution >= 0.6 is 0 Å². The van der Waals surface area contributed by atoms with Crippen LogP contribution in [0.3, 0.4) is 0 Å². The van der Waals surface area contributed by atoms with Crippen LogP contribution in [0.4, 0.5) is 0 Å². The molecule has 0 aromatic carbocycles. The number of hydrogen-bond acceptors (Lipinski definition) is 2. The van der Waals surface area contributed by atoms with Crippen LogP contribution in [0.1, 0.15) is 117 Å². The van der Waals surface area contributed by atoms with Gasteiger partial charge in [0, 0.05) is 13.0 Å². The molecule has 0 rings (SSSR count). The number of allylic oxidation sites excluding steroid dienone is 2. The molecule has 0 aromatic heterocycles. The zero-order valence-electron chi connectivity index (χ0n) is 17.0. The Hall–Kier alpha value is -0.830. The van der Waals surface area contributed by atoms with Crippen LogP contribution in [0, 0.1) is 0 Å². The molecule has 0 unspecified atom stereocenters. The lowest BCUT2D eigenvalue weighted by atomic mass is 10.1. The number of rotatable bonds is 17. The summed E-state index contributed by atoms with van der Waals surface area (Å²) in [5.41, 5.74) is 0. The van der Waals surface area contributed by atoms with Crippen LogP contribution in [0.25, 0.3) is 0 Å². The first-order valence-corrected chi connectivity index (χ1v) is 10.7. The lowest BCUT2D eigenvalue weighted by molar-refractivity contribution is -0.137. The summed E-state index contributed by atoms with van der Waals surface area (Å²) in [4.78, 5) is 10.3. The Labute approximate surface area is 156 Å². The molecule has 0 spiro atoms. The molecular formula is C22H44O3. The van der Waals surface area contributed by atoms with E-state index in [1.807, 2.05) is 0 Å². The number of carbonyl (C=O) groups is 1. The minimum absolute atomic E-state index is 0.332. The molecule has 0 aliphatic heterocycles. The van der Waals surface area contributed by atoms with Gasteiger partial charge in [-0.05, 0) is 38.5 Å². The van der Waals surface area contributed by atoms with Crippen molar-refractivity contribution in [2.24, 2.45) is 0 Å². The predicted octanol–water partition coefficient (Wildman–Crippen LogP) is 6.89. The van der Waals surface area contributed by atoms with E-state index in [2.05, 4.69) is 26.0 Å². The molecule has 0 heterocycles. The van der Waals surface area contributed by atoms with Crippen molar-refractivity contribution in [2.75, 3.05) is 6.61 Å². The standard InChI is InChI=1S/C18H34O2.C4H10O/c1-2-3-4-5-6-7-8-9-10-11-12-13-14-15-16-17-18(19)20;1-2-3-4-5/h9-10H,2-8,11-17H2,1H3,(H,19,20);5H,2-4H2,1H3. The van der Waals surface area contributed by atoms with Gasteiger partial charge in [-0.1, -0.05) is 83.8 Å². The molecule has 0 aliphatic carbocycles. The molecule has 3 nitrogen and oxygen atoms in total. The molecule has 0 aliphatic rings. The average molecular weight is 357 g/mol. The maximum absolute atomic E-state index is 10.3. The number of aliphatic hydroxyl groups excluding tert-OH is 1. The normalized spacial score (nSPS) is 10.7. The first kappa shape index (κ1) is 26.4. The summed E-state index contributed by atoms with van der Waals surface area (Å²) >= 11 is 0. The van der Waals surface area contributed by atoms with Gasteiger partial charge in [-0.2, -0.15) is 0 Å². The zero-order valence-corrected chi connectivity index (χ0v) is 17.0. The molecule has 0 atom stereocenters. The van der Waals surface area contributed by atoms with Gasteiger partial charge in [0.05, 0.1) is 0 Å². The second-order valence-electron chi connectivity index (χ2n) is 6.81. The van der Waals surface area contributed by atoms with Crippen LogP contribution in [-0.4, -0.2) is 22.8 Å². The Kier molecular flexibility index (Phi) is 26.8. The van der Waals surface area contributed by atoms with E-state index in [1.54, 1.807) is 0 Å². The maximum Gasteiger partial charge on any atom is 0.303 e. The van der Waals surface area contributed by atoms with Crippen molar-refractivity contribution < 1.29 is 15.0 Å². The highest BCUT2D eigenvalue weighted by molar-refractivity contribution is 5.66. The molecule has 0 amide bonds. The van der Waals surface area contributed by atoms with Gasteiger partial charge in [0.25, 0.3) is 0 Å². The van der Waals surface area contributed by atoms with E-state index < -0.39 is 5.97 Å². The van der Waals surface area contributed by atoms with Gasteiger partial charge in [-0.25, -0.2) is 0 Å². The van der Waals surface area contributed by atoms with Crippen molar-refractivity contribution in [3.63, 3.8) is 0 Å². The first-order valence-electron chi connectivity index (χ1n) is 10.7. The van der Waals surface area contributed by atoms with Crippen molar-refractivity contribution in [3.05, 3.63) is 12.2 Å². The first-order chi connectivity index (χ1) is 12.2. The summed E-state index contributed by atoms with van der Waals surface area (Å²) in [5.74, 6) is -0.664. The summed E-state index contributed by atoms with van der Waals surface area (Å²) in [6, 6.07) is 0. The molecule has 0 saturated heterocycles. The molecule has 0 bridgehead atoms. The van der Waals surface area contributed by atoms with Crippen molar-refractivity contribution >= 4 is 5.97 Å². The minimum Gasteiger partial charge on any atom is -0.481 e. The number of carboxylic acids is 1. The SMILES string of the molecule is CCCCCCCCC=CCCCCCCCC(=O)O.CCCCO. The van der Waals surface area contributed by atoms with Crippen molar-refractivity contribution in [1.82, 2.24) is 0 Å². The maximum atomic E-state index is 10.3.